The van der Waals surface area contributed by atoms with Crippen LogP contribution in [0.15, 0.2) is 24.3 Å². The van der Waals surface area contributed by atoms with Crippen molar-refractivity contribution in [3.8, 4) is 0 Å². The molecule has 0 aliphatic rings. The molecule has 1 rings (SSSR count). The lowest BCUT2D eigenvalue weighted by Gasteiger charge is -2.17. The Kier molecular flexibility index (Phi) is 7.57. The summed E-state index contributed by atoms with van der Waals surface area (Å²) >= 11 is 0. The number of nitrogens with zero attached hydrogens (tertiary/aromatic N) is 1. The topological polar surface area (TPSA) is 15.3 Å². The molecule has 108 valence electrons. The minimum atomic E-state index is 0.667. The maximum Gasteiger partial charge on any atom is 0.0361 e. The summed E-state index contributed by atoms with van der Waals surface area (Å²) in [5.74, 6) is 0. The van der Waals surface area contributed by atoms with Crippen molar-refractivity contribution < 1.29 is 0 Å². The number of anilines is 1. The Morgan fingerprint density at radius 2 is 1.74 bits per heavy atom. The van der Waals surface area contributed by atoms with Gasteiger partial charge >= 0.3 is 0 Å². The predicted octanol–water partition coefficient (Wildman–Crippen LogP) is 4.20. The molecular formula is C17H30N2. The largest absolute Gasteiger partial charge is 0.378 e. The minimum absolute atomic E-state index is 0.667. The van der Waals surface area contributed by atoms with Crippen LogP contribution in [-0.4, -0.2) is 20.1 Å². The first kappa shape index (κ1) is 16.0. The summed E-state index contributed by atoms with van der Waals surface area (Å²) in [6, 6.07) is 9.49. The summed E-state index contributed by atoms with van der Waals surface area (Å²) in [6.07, 6.45) is 6.54. The number of hydrogen-bond acceptors (Lipinski definition) is 2. The van der Waals surface area contributed by atoms with Gasteiger partial charge in [-0.05, 0) is 30.5 Å². The van der Waals surface area contributed by atoms with Gasteiger partial charge in [0.2, 0.25) is 0 Å². The van der Waals surface area contributed by atoms with Crippen molar-refractivity contribution in [1.82, 2.24) is 5.32 Å². The zero-order chi connectivity index (χ0) is 14.1. The monoisotopic (exact) mass is 262 g/mol. The highest BCUT2D eigenvalue weighted by molar-refractivity contribution is 5.45. The second kappa shape index (κ2) is 8.98. The summed E-state index contributed by atoms with van der Waals surface area (Å²) in [4.78, 5) is 2.14. The highest BCUT2D eigenvalue weighted by atomic mass is 15.1. The van der Waals surface area contributed by atoms with Crippen LogP contribution >= 0.6 is 0 Å². The van der Waals surface area contributed by atoms with Crippen LogP contribution in [0.1, 0.15) is 51.5 Å². The van der Waals surface area contributed by atoms with Crippen molar-refractivity contribution in [1.29, 1.82) is 0 Å². The molecular weight excluding hydrogens is 232 g/mol. The Balaban J connectivity index is 2.37. The molecule has 1 unspecified atom stereocenters. The quantitative estimate of drug-likeness (QED) is 0.671. The average Bonchev–Trinajstić information content (AvgIpc) is 2.43. The minimum Gasteiger partial charge on any atom is -0.378 e. The zero-order valence-corrected chi connectivity index (χ0v) is 13.1. The first-order chi connectivity index (χ1) is 9.17. The Morgan fingerprint density at radius 1 is 1.05 bits per heavy atom. The molecule has 0 aliphatic carbocycles. The van der Waals surface area contributed by atoms with Gasteiger partial charge in [0.15, 0.2) is 0 Å². The van der Waals surface area contributed by atoms with Crippen LogP contribution in [0.25, 0.3) is 0 Å². The Labute approximate surface area is 119 Å². The lowest BCUT2D eigenvalue weighted by molar-refractivity contribution is 0.446. The van der Waals surface area contributed by atoms with Gasteiger partial charge in [-0.25, -0.2) is 0 Å². The molecule has 0 aliphatic heterocycles. The molecule has 2 heteroatoms. The third-order valence-corrected chi connectivity index (χ3v) is 3.70. The van der Waals surface area contributed by atoms with E-state index in [0.717, 1.165) is 6.54 Å². The third kappa shape index (κ3) is 6.11. The zero-order valence-electron chi connectivity index (χ0n) is 13.1. The lowest BCUT2D eigenvalue weighted by Crippen LogP contribution is -2.27. The van der Waals surface area contributed by atoms with Gasteiger partial charge in [-0.15, -0.1) is 0 Å². The first-order valence-corrected chi connectivity index (χ1v) is 7.67. The van der Waals surface area contributed by atoms with Crippen molar-refractivity contribution in [2.45, 2.75) is 58.5 Å². The molecule has 0 heterocycles. The number of rotatable bonds is 9. The van der Waals surface area contributed by atoms with Crippen molar-refractivity contribution >= 4 is 5.69 Å². The van der Waals surface area contributed by atoms with E-state index in [4.69, 9.17) is 0 Å². The highest BCUT2D eigenvalue weighted by Crippen LogP contribution is 2.13. The summed E-state index contributed by atoms with van der Waals surface area (Å²) in [6.45, 7) is 5.53. The summed E-state index contributed by atoms with van der Waals surface area (Å²) in [5.41, 5.74) is 2.64. The van der Waals surface area contributed by atoms with Crippen molar-refractivity contribution in [3.63, 3.8) is 0 Å². The van der Waals surface area contributed by atoms with Crippen molar-refractivity contribution in [2.24, 2.45) is 0 Å². The maximum absolute atomic E-state index is 3.68. The SMILES string of the molecule is CCCCCC(CC)NCc1ccc(N(C)C)cc1. The summed E-state index contributed by atoms with van der Waals surface area (Å²) in [5, 5.41) is 3.68. The number of hydrogen-bond donors (Lipinski definition) is 1. The molecule has 1 atom stereocenters. The molecule has 1 aromatic carbocycles. The second-order valence-corrected chi connectivity index (χ2v) is 5.54. The number of unbranched alkanes of at least 4 members (excludes halogenated alkanes) is 2. The van der Waals surface area contributed by atoms with E-state index in [2.05, 4.69) is 62.4 Å². The van der Waals surface area contributed by atoms with E-state index in [-0.39, 0.29) is 0 Å². The molecule has 1 aromatic rings. The molecule has 0 amide bonds. The normalized spacial score (nSPS) is 12.4. The van der Waals surface area contributed by atoms with Crippen LogP contribution in [0, 0.1) is 0 Å². The second-order valence-electron chi connectivity index (χ2n) is 5.54. The maximum atomic E-state index is 3.68. The fourth-order valence-corrected chi connectivity index (χ4v) is 2.27. The van der Waals surface area contributed by atoms with Gasteiger partial charge < -0.3 is 10.2 Å². The van der Waals surface area contributed by atoms with Gasteiger partial charge in [0.05, 0.1) is 0 Å². The summed E-state index contributed by atoms with van der Waals surface area (Å²) < 4.78 is 0. The predicted molar refractivity (Wildman–Crippen MR) is 85.8 cm³/mol. The van der Waals surface area contributed by atoms with Gasteiger partial charge in [-0.3, -0.25) is 0 Å². The molecule has 0 saturated carbocycles. The van der Waals surface area contributed by atoms with Gasteiger partial charge in [-0.1, -0.05) is 45.2 Å². The first-order valence-electron chi connectivity index (χ1n) is 7.67. The van der Waals surface area contributed by atoms with E-state index >= 15 is 0 Å². The van der Waals surface area contributed by atoms with Crippen LogP contribution in [-0.2, 0) is 6.54 Å². The molecule has 2 nitrogen and oxygen atoms in total. The van der Waals surface area contributed by atoms with E-state index in [1.165, 1.54) is 43.4 Å². The lowest BCUT2D eigenvalue weighted by atomic mass is 10.1. The average molecular weight is 262 g/mol. The molecule has 0 fully saturated rings. The van der Waals surface area contributed by atoms with Gasteiger partial charge in [0.25, 0.3) is 0 Å². The van der Waals surface area contributed by atoms with Crippen molar-refractivity contribution in [3.05, 3.63) is 29.8 Å². The van der Waals surface area contributed by atoms with Gasteiger partial charge in [0, 0.05) is 32.4 Å². The van der Waals surface area contributed by atoms with E-state index in [1.54, 1.807) is 0 Å². The molecule has 0 bridgehead atoms. The molecule has 0 spiro atoms. The number of nitrogens with one attached hydrogen (secondary N) is 1. The molecule has 1 N–H and O–H groups in total. The van der Waals surface area contributed by atoms with Crippen LogP contribution in [0.5, 0.6) is 0 Å². The highest BCUT2D eigenvalue weighted by Gasteiger charge is 2.05. The molecule has 19 heavy (non-hydrogen) atoms. The molecule has 0 saturated heterocycles. The fraction of sp³-hybridized carbons (Fsp3) is 0.647. The summed E-state index contributed by atoms with van der Waals surface area (Å²) in [7, 11) is 4.15. The van der Waals surface area contributed by atoms with E-state index < -0.39 is 0 Å². The standard InChI is InChI=1S/C17H30N2/c1-5-7-8-9-16(6-2)18-14-15-10-12-17(13-11-15)19(3)4/h10-13,16,18H,5-9,14H2,1-4H3. The van der Waals surface area contributed by atoms with Crippen LogP contribution in [0.3, 0.4) is 0 Å². The van der Waals surface area contributed by atoms with E-state index in [0.29, 0.717) is 6.04 Å². The Bertz CT molecular complexity index is 330. The smallest absolute Gasteiger partial charge is 0.0361 e. The molecule has 0 aromatic heterocycles. The Hall–Kier alpha value is -1.02. The number of benzene rings is 1. The van der Waals surface area contributed by atoms with Crippen LogP contribution in [0.2, 0.25) is 0 Å². The van der Waals surface area contributed by atoms with E-state index in [1.807, 2.05) is 0 Å². The van der Waals surface area contributed by atoms with Gasteiger partial charge in [-0.2, -0.15) is 0 Å². The van der Waals surface area contributed by atoms with Gasteiger partial charge in [0.1, 0.15) is 0 Å². The van der Waals surface area contributed by atoms with Crippen molar-refractivity contribution in [2.75, 3.05) is 19.0 Å². The molecule has 0 radical (unpaired) electrons. The fourth-order valence-electron chi connectivity index (χ4n) is 2.27. The third-order valence-electron chi connectivity index (χ3n) is 3.70. The van der Waals surface area contributed by atoms with Crippen LogP contribution < -0.4 is 10.2 Å². The van der Waals surface area contributed by atoms with E-state index in [9.17, 15) is 0 Å². The Morgan fingerprint density at radius 3 is 2.26 bits per heavy atom. The van der Waals surface area contributed by atoms with Crippen LogP contribution in [0.4, 0.5) is 5.69 Å².